The zero-order valence-electron chi connectivity index (χ0n) is 13.9. The Morgan fingerprint density at radius 3 is 1.90 bits per heavy atom. The van der Waals surface area contributed by atoms with E-state index in [2.05, 4.69) is 6.92 Å². The van der Waals surface area contributed by atoms with Gasteiger partial charge in [0.25, 0.3) is 0 Å². The van der Waals surface area contributed by atoms with Crippen molar-refractivity contribution in [1.29, 1.82) is 0 Å². The summed E-state index contributed by atoms with van der Waals surface area (Å²) in [5.74, 6) is -0.725. The lowest BCUT2D eigenvalue weighted by Crippen LogP contribution is -2.29. The molecule has 2 atom stereocenters. The van der Waals surface area contributed by atoms with E-state index in [9.17, 15) is 4.79 Å². The van der Waals surface area contributed by atoms with Crippen LogP contribution in [0, 0.1) is 0 Å². The number of hydrogen-bond acceptors (Lipinski definition) is 4. The lowest BCUT2D eigenvalue weighted by molar-refractivity contribution is -0.160. The van der Waals surface area contributed by atoms with Crippen LogP contribution in [0.1, 0.15) is 84.5 Å². The third-order valence-corrected chi connectivity index (χ3v) is 3.73. The monoisotopic (exact) mass is 302 g/mol. The zero-order valence-corrected chi connectivity index (χ0v) is 13.9. The molecule has 0 aliphatic rings. The second kappa shape index (κ2) is 14.3. The van der Waals surface area contributed by atoms with Gasteiger partial charge in [0, 0.05) is 0 Å². The predicted molar refractivity (Wildman–Crippen MR) is 85.1 cm³/mol. The van der Waals surface area contributed by atoms with Crippen LogP contribution in [0.5, 0.6) is 0 Å². The number of unbranched alkanes of at least 4 members (excludes halogenated alkanes) is 9. The first-order valence-corrected chi connectivity index (χ1v) is 8.61. The third kappa shape index (κ3) is 12.8. The van der Waals surface area contributed by atoms with Crippen LogP contribution in [-0.2, 0) is 9.53 Å². The van der Waals surface area contributed by atoms with Gasteiger partial charge in [0.05, 0.1) is 12.7 Å². The molecule has 0 aliphatic heterocycles. The van der Waals surface area contributed by atoms with E-state index in [0.717, 1.165) is 12.8 Å². The molecule has 4 heteroatoms. The van der Waals surface area contributed by atoms with E-state index >= 15 is 0 Å². The topological polar surface area (TPSA) is 66.8 Å². The Hall–Kier alpha value is -0.610. The zero-order chi connectivity index (χ0) is 15.9. The molecule has 0 fully saturated rings. The van der Waals surface area contributed by atoms with Gasteiger partial charge in [-0.1, -0.05) is 64.7 Å². The summed E-state index contributed by atoms with van der Waals surface area (Å²) >= 11 is 0. The van der Waals surface area contributed by atoms with E-state index in [1.807, 2.05) is 6.92 Å². The molecule has 0 aliphatic carbocycles. The number of aliphatic hydroxyl groups is 2. The summed E-state index contributed by atoms with van der Waals surface area (Å²) in [7, 11) is 0. The fourth-order valence-corrected chi connectivity index (χ4v) is 2.33. The highest BCUT2D eigenvalue weighted by Gasteiger charge is 2.17. The van der Waals surface area contributed by atoms with Gasteiger partial charge in [0.1, 0.15) is 0 Å². The fraction of sp³-hybridized carbons (Fsp3) is 0.941. The van der Waals surface area contributed by atoms with E-state index in [1.54, 1.807) is 0 Å². The number of rotatable bonds is 14. The Kier molecular flexibility index (Phi) is 13.9. The van der Waals surface area contributed by atoms with Crippen molar-refractivity contribution < 1.29 is 19.7 Å². The van der Waals surface area contributed by atoms with E-state index < -0.39 is 18.7 Å². The first-order chi connectivity index (χ1) is 10.1. The van der Waals surface area contributed by atoms with Crippen molar-refractivity contribution in [3.63, 3.8) is 0 Å². The highest BCUT2D eigenvalue weighted by atomic mass is 16.6. The van der Waals surface area contributed by atoms with E-state index in [1.165, 1.54) is 57.8 Å². The number of ether oxygens (including phenoxy) is 1. The van der Waals surface area contributed by atoms with E-state index in [-0.39, 0.29) is 6.10 Å². The lowest BCUT2D eigenvalue weighted by Gasteiger charge is -2.15. The van der Waals surface area contributed by atoms with Crippen LogP contribution >= 0.6 is 0 Å². The summed E-state index contributed by atoms with van der Waals surface area (Å²) in [4.78, 5) is 11.2. The molecule has 0 rings (SSSR count). The summed E-state index contributed by atoms with van der Waals surface area (Å²) in [6, 6.07) is 0. The van der Waals surface area contributed by atoms with Gasteiger partial charge in [-0.15, -0.1) is 0 Å². The molecule has 4 nitrogen and oxygen atoms in total. The van der Waals surface area contributed by atoms with Crippen molar-refractivity contribution in [2.45, 2.75) is 96.7 Å². The van der Waals surface area contributed by atoms with E-state index in [4.69, 9.17) is 14.9 Å². The number of carbonyl (C=O) groups excluding carboxylic acids is 1. The van der Waals surface area contributed by atoms with Crippen LogP contribution in [0.2, 0.25) is 0 Å². The molecule has 0 aromatic heterocycles. The van der Waals surface area contributed by atoms with Crippen molar-refractivity contribution in [1.82, 2.24) is 0 Å². The largest absolute Gasteiger partial charge is 0.461 e. The minimum absolute atomic E-state index is 0.187. The molecule has 0 spiro atoms. The molecule has 2 unspecified atom stereocenters. The van der Waals surface area contributed by atoms with Crippen molar-refractivity contribution in [3.05, 3.63) is 0 Å². The summed E-state index contributed by atoms with van der Waals surface area (Å²) in [5, 5.41) is 17.7. The Labute approximate surface area is 129 Å². The van der Waals surface area contributed by atoms with Crippen molar-refractivity contribution in [2.75, 3.05) is 6.61 Å². The van der Waals surface area contributed by atoms with Gasteiger partial charge in [-0.2, -0.15) is 0 Å². The SMILES string of the molecule is CCCCCCCCCCCCC(C)OC(=O)C(O)CO. The average molecular weight is 302 g/mol. The normalized spacial score (nSPS) is 13.9. The minimum atomic E-state index is -1.40. The Morgan fingerprint density at radius 2 is 1.43 bits per heavy atom. The minimum Gasteiger partial charge on any atom is -0.461 e. The van der Waals surface area contributed by atoms with Gasteiger partial charge in [0.15, 0.2) is 6.10 Å². The molecular weight excluding hydrogens is 268 g/mol. The van der Waals surface area contributed by atoms with Gasteiger partial charge in [-0.3, -0.25) is 0 Å². The number of esters is 1. The van der Waals surface area contributed by atoms with Crippen molar-refractivity contribution >= 4 is 5.97 Å². The molecule has 126 valence electrons. The van der Waals surface area contributed by atoms with Crippen molar-refractivity contribution in [2.24, 2.45) is 0 Å². The quantitative estimate of drug-likeness (QED) is 0.380. The fourth-order valence-electron chi connectivity index (χ4n) is 2.33. The second-order valence-corrected chi connectivity index (χ2v) is 5.92. The average Bonchev–Trinajstić information content (AvgIpc) is 2.48. The molecule has 0 aromatic carbocycles. The molecule has 0 radical (unpaired) electrons. The van der Waals surface area contributed by atoms with Crippen LogP contribution in [0.15, 0.2) is 0 Å². The van der Waals surface area contributed by atoms with Crippen LogP contribution in [0.3, 0.4) is 0 Å². The maximum Gasteiger partial charge on any atom is 0.337 e. The van der Waals surface area contributed by atoms with Crippen LogP contribution in [0.4, 0.5) is 0 Å². The van der Waals surface area contributed by atoms with Gasteiger partial charge in [-0.05, 0) is 19.8 Å². The Morgan fingerprint density at radius 1 is 0.952 bits per heavy atom. The predicted octanol–water partition coefficient (Wildman–Crippen LogP) is 3.58. The highest BCUT2D eigenvalue weighted by molar-refractivity contribution is 5.74. The molecule has 21 heavy (non-hydrogen) atoms. The molecule has 0 amide bonds. The first kappa shape index (κ1) is 20.4. The Balaban J connectivity index is 3.32. The molecule has 0 saturated heterocycles. The van der Waals surface area contributed by atoms with Crippen molar-refractivity contribution in [3.8, 4) is 0 Å². The number of carbonyl (C=O) groups is 1. The summed E-state index contributed by atoms with van der Waals surface area (Å²) in [6.07, 6.45) is 12.1. The highest BCUT2D eigenvalue weighted by Crippen LogP contribution is 2.13. The maximum atomic E-state index is 11.2. The number of hydrogen-bond donors (Lipinski definition) is 2. The first-order valence-electron chi connectivity index (χ1n) is 8.61. The van der Waals surface area contributed by atoms with Gasteiger partial charge in [-0.25, -0.2) is 4.79 Å². The molecule has 0 aromatic rings. The molecule has 0 saturated carbocycles. The maximum absolute atomic E-state index is 11.2. The van der Waals surface area contributed by atoms with Crippen LogP contribution in [0.25, 0.3) is 0 Å². The van der Waals surface area contributed by atoms with Crippen LogP contribution < -0.4 is 0 Å². The van der Waals surface area contributed by atoms with Gasteiger partial charge < -0.3 is 14.9 Å². The summed E-state index contributed by atoms with van der Waals surface area (Å²) in [6.45, 7) is 3.49. The van der Waals surface area contributed by atoms with Gasteiger partial charge in [0.2, 0.25) is 0 Å². The van der Waals surface area contributed by atoms with E-state index in [0.29, 0.717) is 0 Å². The molecule has 2 N–H and O–H groups in total. The third-order valence-electron chi connectivity index (χ3n) is 3.73. The Bertz CT molecular complexity index is 243. The molecular formula is C17H34O4. The standard InChI is InChI=1S/C17H34O4/c1-3-4-5-6-7-8-9-10-11-12-13-15(2)21-17(20)16(19)14-18/h15-16,18-19H,3-14H2,1-2H3. The smallest absolute Gasteiger partial charge is 0.337 e. The molecule has 0 heterocycles. The van der Waals surface area contributed by atoms with Crippen LogP contribution in [-0.4, -0.2) is 35.0 Å². The second-order valence-electron chi connectivity index (χ2n) is 5.92. The number of aliphatic hydroxyl groups excluding tert-OH is 2. The lowest BCUT2D eigenvalue weighted by atomic mass is 10.0. The summed E-state index contributed by atoms with van der Waals surface area (Å²) in [5.41, 5.74) is 0. The van der Waals surface area contributed by atoms with Gasteiger partial charge >= 0.3 is 5.97 Å². The summed E-state index contributed by atoms with van der Waals surface area (Å²) < 4.78 is 5.04. The molecule has 0 bridgehead atoms.